The Morgan fingerprint density at radius 2 is 1.59 bits per heavy atom. The summed E-state index contributed by atoms with van der Waals surface area (Å²) < 4.78 is 0. The number of rotatable bonds is 4. The first kappa shape index (κ1) is 22.9. The number of hydrogen-bond donors (Lipinski definition) is 1. The zero-order valence-electron chi connectivity index (χ0n) is 21.5. The van der Waals surface area contributed by atoms with Gasteiger partial charge in [-0.3, -0.25) is 0 Å². The second kappa shape index (κ2) is 8.44. The van der Waals surface area contributed by atoms with Crippen LogP contribution in [0.2, 0.25) is 0 Å². The molecule has 0 bridgehead atoms. The van der Waals surface area contributed by atoms with Gasteiger partial charge in [0.25, 0.3) is 0 Å². The lowest BCUT2D eigenvalue weighted by atomic mass is 9.44. The number of aryl methyl sites for hydroxylation is 2. The minimum atomic E-state index is -0.0212. The van der Waals surface area contributed by atoms with Gasteiger partial charge in [0.2, 0.25) is 0 Å². The summed E-state index contributed by atoms with van der Waals surface area (Å²) in [5, 5.41) is 10.3. The Kier molecular flexibility index (Phi) is 6.05. The average Bonchev–Trinajstić information content (AvgIpc) is 3.11. The molecule has 0 amide bonds. The number of hydrogen-bond acceptors (Lipinski definition) is 1. The molecule has 0 saturated heterocycles. The highest BCUT2D eigenvalue weighted by molar-refractivity contribution is 5.33. The largest absolute Gasteiger partial charge is 0.393 e. The van der Waals surface area contributed by atoms with Crippen LogP contribution in [0.1, 0.15) is 102 Å². The van der Waals surface area contributed by atoms with E-state index in [4.69, 9.17) is 0 Å². The number of aliphatic hydroxyl groups is 1. The van der Waals surface area contributed by atoms with Crippen molar-refractivity contribution in [3.8, 4) is 0 Å². The molecule has 5 rings (SSSR count). The van der Waals surface area contributed by atoms with Crippen molar-refractivity contribution in [3.05, 3.63) is 34.9 Å². The highest BCUT2D eigenvalue weighted by atomic mass is 16.3. The van der Waals surface area contributed by atoms with Crippen LogP contribution in [0.3, 0.4) is 0 Å². The third-order valence-electron chi connectivity index (χ3n) is 11.9. The third kappa shape index (κ3) is 3.60. The number of benzene rings is 1. The van der Waals surface area contributed by atoms with E-state index < -0.39 is 0 Å². The van der Waals surface area contributed by atoms with Gasteiger partial charge < -0.3 is 5.11 Å². The summed E-state index contributed by atoms with van der Waals surface area (Å²) in [6.07, 6.45) is 14.7. The Morgan fingerprint density at radius 3 is 2.34 bits per heavy atom. The molecular formula is C31H48O. The SMILES string of the molecule is Cc1cccc(C)c1CC[C@@H](C)[C@H]1CC[C@H]2[C@@H]3CCC4C[C@@H](O)CC[C@]4(C)[C@H]3CC[C@]12C. The maximum Gasteiger partial charge on any atom is 0.0543 e. The summed E-state index contributed by atoms with van der Waals surface area (Å²) in [5.41, 5.74) is 5.65. The first-order chi connectivity index (χ1) is 15.2. The monoisotopic (exact) mass is 436 g/mol. The lowest BCUT2D eigenvalue weighted by molar-refractivity contribution is -0.129. The van der Waals surface area contributed by atoms with E-state index in [0.717, 1.165) is 48.3 Å². The van der Waals surface area contributed by atoms with Crippen LogP contribution in [0, 0.1) is 60.2 Å². The fourth-order valence-corrected chi connectivity index (χ4v) is 10.0. The van der Waals surface area contributed by atoms with Gasteiger partial charge in [-0.05, 0) is 148 Å². The Labute approximate surface area is 197 Å². The van der Waals surface area contributed by atoms with E-state index in [1.54, 1.807) is 5.56 Å². The highest BCUT2D eigenvalue weighted by Crippen LogP contribution is 2.68. The summed E-state index contributed by atoms with van der Waals surface area (Å²) in [5.74, 6) is 5.37. The lowest BCUT2D eigenvalue weighted by Gasteiger charge is -2.61. The Morgan fingerprint density at radius 1 is 0.906 bits per heavy atom. The summed E-state index contributed by atoms with van der Waals surface area (Å²) in [6, 6.07) is 6.80. The molecule has 4 saturated carbocycles. The average molecular weight is 437 g/mol. The molecule has 4 aliphatic rings. The minimum Gasteiger partial charge on any atom is -0.393 e. The van der Waals surface area contributed by atoms with Crippen molar-refractivity contribution in [2.24, 2.45) is 46.3 Å². The molecule has 1 aromatic carbocycles. The first-order valence-electron chi connectivity index (χ1n) is 14.0. The van der Waals surface area contributed by atoms with Crippen molar-refractivity contribution in [1.82, 2.24) is 0 Å². The molecule has 32 heavy (non-hydrogen) atoms. The van der Waals surface area contributed by atoms with Crippen molar-refractivity contribution >= 4 is 0 Å². The smallest absolute Gasteiger partial charge is 0.0543 e. The van der Waals surface area contributed by atoms with Crippen LogP contribution in [0.25, 0.3) is 0 Å². The lowest BCUT2D eigenvalue weighted by Crippen LogP contribution is -2.54. The molecule has 0 radical (unpaired) electrons. The summed E-state index contributed by atoms with van der Waals surface area (Å²) in [4.78, 5) is 0. The fraction of sp³-hybridized carbons (Fsp3) is 0.806. The van der Waals surface area contributed by atoms with E-state index in [2.05, 4.69) is 52.8 Å². The second-order valence-electron chi connectivity index (χ2n) is 13.2. The van der Waals surface area contributed by atoms with Crippen LogP contribution < -0.4 is 0 Å². The Hall–Kier alpha value is -0.820. The third-order valence-corrected chi connectivity index (χ3v) is 11.9. The van der Waals surface area contributed by atoms with E-state index in [9.17, 15) is 5.11 Å². The fourth-order valence-electron chi connectivity index (χ4n) is 10.0. The van der Waals surface area contributed by atoms with E-state index in [-0.39, 0.29) is 6.10 Å². The van der Waals surface area contributed by atoms with Crippen LogP contribution in [0.15, 0.2) is 18.2 Å². The van der Waals surface area contributed by atoms with Crippen molar-refractivity contribution in [1.29, 1.82) is 0 Å². The van der Waals surface area contributed by atoms with E-state index in [1.807, 2.05) is 0 Å². The van der Waals surface area contributed by atoms with Crippen LogP contribution in [0.4, 0.5) is 0 Å². The highest BCUT2D eigenvalue weighted by Gasteiger charge is 2.60. The molecule has 0 heterocycles. The van der Waals surface area contributed by atoms with Gasteiger partial charge in [-0.25, -0.2) is 0 Å². The number of aliphatic hydroxyl groups excluding tert-OH is 1. The summed E-state index contributed by atoms with van der Waals surface area (Å²) in [7, 11) is 0. The molecule has 1 N–H and O–H groups in total. The summed E-state index contributed by atoms with van der Waals surface area (Å²) in [6.45, 7) is 12.5. The Bertz CT molecular complexity index is 807. The van der Waals surface area contributed by atoms with Crippen LogP contribution >= 0.6 is 0 Å². The molecule has 178 valence electrons. The molecule has 0 spiro atoms. The molecule has 4 aliphatic carbocycles. The van der Waals surface area contributed by atoms with Crippen molar-refractivity contribution < 1.29 is 5.11 Å². The van der Waals surface area contributed by atoms with Gasteiger partial charge in [0.15, 0.2) is 0 Å². The zero-order valence-corrected chi connectivity index (χ0v) is 21.5. The van der Waals surface area contributed by atoms with Crippen molar-refractivity contribution in [3.63, 3.8) is 0 Å². The molecule has 1 aromatic rings. The van der Waals surface area contributed by atoms with Gasteiger partial charge >= 0.3 is 0 Å². The van der Waals surface area contributed by atoms with Gasteiger partial charge in [0, 0.05) is 0 Å². The molecular weight excluding hydrogens is 388 g/mol. The predicted octanol–water partition coefficient (Wildman–Crippen LogP) is 7.89. The van der Waals surface area contributed by atoms with Gasteiger partial charge in [-0.1, -0.05) is 39.0 Å². The normalized spacial score (nSPS) is 44.4. The van der Waals surface area contributed by atoms with E-state index in [0.29, 0.717) is 10.8 Å². The Balaban J connectivity index is 1.29. The predicted molar refractivity (Wildman–Crippen MR) is 135 cm³/mol. The molecule has 9 atom stereocenters. The van der Waals surface area contributed by atoms with E-state index in [1.165, 1.54) is 68.9 Å². The van der Waals surface area contributed by atoms with Crippen molar-refractivity contribution in [2.75, 3.05) is 0 Å². The summed E-state index contributed by atoms with van der Waals surface area (Å²) >= 11 is 0. The molecule has 4 fully saturated rings. The topological polar surface area (TPSA) is 20.2 Å². The van der Waals surface area contributed by atoms with Crippen LogP contribution in [0.5, 0.6) is 0 Å². The standard InChI is InChI=1S/C31H48O/c1-20-7-6-8-21(2)25(20)11-9-22(3)27-13-14-28-26-12-10-23-19-24(32)15-17-30(23,4)29(26)16-18-31(27,28)5/h6-8,22-24,26-29,32H,9-19H2,1-5H3/t22-,23?,24+,26+,27-,28+,29+,30+,31-/m1/s1. The minimum absolute atomic E-state index is 0.0212. The van der Waals surface area contributed by atoms with E-state index >= 15 is 0 Å². The number of fused-ring (bicyclic) bond motifs is 5. The molecule has 1 unspecified atom stereocenters. The maximum atomic E-state index is 10.3. The second-order valence-corrected chi connectivity index (χ2v) is 13.2. The van der Waals surface area contributed by atoms with Gasteiger partial charge in [0.1, 0.15) is 0 Å². The van der Waals surface area contributed by atoms with Gasteiger partial charge in [0.05, 0.1) is 6.10 Å². The molecule has 1 nitrogen and oxygen atoms in total. The van der Waals surface area contributed by atoms with Crippen molar-refractivity contribution in [2.45, 2.75) is 111 Å². The molecule has 1 heteroatoms. The molecule has 0 aromatic heterocycles. The molecule has 0 aliphatic heterocycles. The quantitative estimate of drug-likeness (QED) is 0.508. The van der Waals surface area contributed by atoms with Gasteiger partial charge in [-0.15, -0.1) is 0 Å². The van der Waals surface area contributed by atoms with Gasteiger partial charge in [-0.2, -0.15) is 0 Å². The van der Waals surface area contributed by atoms with Crippen LogP contribution in [-0.4, -0.2) is 11.2 Å². The zero-order chi connectivity index (χ0) is 22.7. The first-order valence-corrected chi connectivity index (χ1v) is 14.0. The maximum absolute atomic E-state index is 10.3. The van der Waals surface area contributed by atoms with Crippen LogP contribution in [-0.2, 0) is 6.42 Å².